The first-order valence-corrected chi connectivity index (χ1v) is 11.3. The Balaban J connectivity index is 1.74. The van der Waals surface area contributed by atoms with Crippen molar-refractivity contribution in [3.63, 3.8) is 0 Å². The van der Waals surface area contributed by atoms with Crippen LogP contribution in [0.3, 0.4) is 0 Å². The molecular weight excluding hydrogens is 434 g/mol. The molecule has 3 aromatic rings. The molecule has 1 unspecified atom stereocenters. The Labute approximate surface area is 197 Å². The highest BCUT2D eigenvalue weighted by Gasteiger charge is 2.16. The molecule has 10 heteroatoms. The maximum Gasteiger partial charge on any atom is 0.313 e. The standard InChI is InChI=1S/C24H29N7O3/c1-3-16(8-10-34-2)12-26-21-23(32)31(15-17-5-4-9-25-11-17)22-20(29-21)7-6-19(30-22)18-13-27-24(33)28-14-18/h4-7,11,13-14,16,25H,3,8-10,12,15H2,1-2H3,(H,26,29)(H,27,28,33). The van der Waals surface area contributed by atoms with Crippen molar-refractivity contribution in [3.05, 3.63) is 58.8 Å². The van der Waals surface area contributed by atoms with Crippen LogP contribution in [0.25, 0.3) is 22.4 Å². The van der Waals surface area contributed by atoms with Crippen molar-refractivity contribution in [1.82, 2.24) is 29.8 Å². The van der Waals surface area contributed by atoms with E-state index in [-0.39, 0.29) is 11.6 Å². The number of nitrogens with zero attached hydrogens (tertiary/aromatic N) is 5. The van der Waals surface area contributed by atoms with Gasteiger partial charge in [-0.05, 0) is 30.0 Å². The first-order valence-electron chi connectivity index (χ1n) is 11.3. The molecule has 0 saturated carbocycles. The fourth-order valence-corrected chi connectivity index (χ4v) is 3.77. The maximum absolute atomic E-state index is 13.5. The number of aromatic hydroxyl groups is 1. The zero-order valence-electron chi connectivity index (χ0n) is 19.4. The van der Waals surface area contributed by atoms with E-state index < -0.39 is 0 Å². The number of nitrogens with one attached hydrogen (secondary N) is 2. The molecule has 1 aliphatic rings. The van der Waals surface area contributed by atoms with E-state index in [4.69, 9.17) is 9.72 Å². The highest BCUT2D eigenvalue weighted by molar-refractivity contribution is 5.76. The van der Waals surface area contributed by atoms with E-state index in [0.717, 1.165) is 25.0 Å². The number of hydrogen-bond acceptors (Lipinski definition) is 9. The predicted molar refractivity (Wildman–Crippen MR) is 130 cm³/mol. The number of aromatic nitrogens is 5. The van der Waals surface area contributed by atoms with Crippen molar-refractivity contribution in [1.29, 1.82) is 0 Å². The van der Waals surface area contributed by atoms with Crippen LogP contribution in [-0.2, 0) is 11.3 Å². The van der Waals surface area contributed by atoms with Gasteiger partial charge >= 0.3 is 6.01 Å². The van der Waals surface area contributed by atoms with Gasteiger partial charge in [-0.1, -0.05) is 25.5 Å². The average Bonchev–Trinajstić information content (AvgIpc) is 2.87. The number of methoxy groups -OCH3 is 1. The number of allylic oxidation sites excluding steroid dienone is 2. The van der Waals surface area contributed by atoms with Crippen molar-refractivity contribution in [3.8, 4) is 17.3 Å². The molecule has 10 nitrogen and oxygen atoms in total. The summed E-state index contributed by atoms with van der Waals surface area (Å²) in [5, 5.41) is 15.8. The number of anilines is 1. The molecule has 0 fully saturated rings. The molecule has 178 valence electrons. The lowest BCUT2D eigenvalue weighted by atomic mass is 10.0. The minimum absolute atomic E-state index is 0.236. The van der Waals surface area contributed by atoms with Gasteiger partial charge in [0.05, 0.1) is 12.2 Å². The van der Waals surface area contributed by atoms with Crippen LogP contribution in [-0.4, -0.2) is 56.4 Å². The van der Waals surface area contributed by atoms with Gasteiger partial charge in [0, 0.05) is 51.0 Å². The molecule has 1 aliphatic heterocycles. The van der Waals surface area contributed by atoms with E-state index in [1.165, 1.54) is 12.4 Å². The van der Waals surface area contributed by atoms with Crippen LogP contribution in [0.4, 0.5) is 5.82 Å². The number of hydrogen-bond donors (Lipinski definition) is 3. The summed E-state index contributed by atoms with van der Waals surface area (Å²) in [6.07, 6.45) is 10.8. The molecule has 4 rings (SSSR count). The van der Waals surface area contributed by atoms with E-state index in [9.17, 15) is 9.90 Å². The van der Waals surface area contributed by atoms with E-state index in [1.807, 2.05) is 24.4 Å². The smallest absolute Gasteiger partial charge is 0.313 e. The van der Waals surface area contributed by atoms with Gasteiger partial charge in [-0.3, -0.25) is 9.36 Å². The molecule has 34 heavy (non-hydrogen) atoms. The SMILES string of the molecule is CCC(CCOC)CNc1nc2ccc(-c3cnc(O)nc3)nc2n(CC2=CNCC=C2)c1=O. The predicted octanol–water partition coefficient (Wildman–Crippen LogP) is 2.47. The Hall–Kier alpha value is -3.79. The first-order chi connectivity index (χ1) is 16.6. The van der Waals surface area contributed by atoms with Gasteiger partial charge in [0.1, 0.15) is 5.52 Å². The zero-order valence-corrected chi connectivity index (χ0v) is 19.4. The summed E-state index contributed by atoms with van der Waals surface area (Å²) < 4.78 is 6.84. The molecule has 1 atom stereocenters. The molecule has 0 aromatic carbocycles. The van der Waals surface area contributed by atoms with Crippen LogP contribution < -0.4 is 16.2 Å². The van der Waals surface area contributed by atoms with E-state index in [0.29, 0.717) is 53.9 Å². The topological polar surface area (TPSA) is 127 Å². The second kappa shape index (κ2) is 10.9. The first kappa shape index (κ1) is 23.4. The third kappa shape index (κ3) is 5.40. The molecule has 3 N–H and O–H groups in total. The van der Waals surface area contributed by atoms with Crippen LogP contribution in [0.2, 0.25) is 0 Å². The Bertz CT molecular complexity index is 1250. The molecule has 0 amide bonds. The molecule has 0 saturated heterocycles. The van der Waals surface area contributed by atoms with Gasteiger partial charge in [-0.2, -0.15) is 0 Å². The second-order valence-corrected chi connectivity index (χ2v) is 8.13. The average molecular weight is 464 g/mol. The second-order valence-electron chi connectivity index (χ2n) is 8.13. The summed E-state index contributed by atoms with van der Waals surface area (Å²) in [5.74, 6) is 0.674. The number of dihydropyridines is 1. The Kier molecular flexibility index (Phi) is 7.48. The molecule has 0 spiro atoms. The van der Waals surface area contributed by atoms with Crippen molar-refractivity contribution in [2.24, 2.45) is 5.92 Å². The summed E-state index contributed by atoms with van der Waals surface area (Å²) in [6, 6.07) is 3.33. The van der Waals surface area contributed by atoms with Gasteiger partial charge in [0.2, 0.25) is 0 Å². The van der Waals surface area contributed by atoms with E-state index in [2.05, 4.69) is 32.5 Å². The minimum Gasteiger partial charge on any atom is -0.479 e. The van der Waals surface area contributed by atoms with E-state index >= 15 is 0 Å². The van der Waals surface area contributed by atoms with Crippen LogP contribution in [0, 0.1) is 5.92 Å². The third-order valence-electron chi connectivity index (χ3n) is 5.79. The summed E-state index contributed by atoms with van der Waals surface area (Å²) >= 11 is 0. The lowest BCUT2D eigenvalue weighted by molar-refractivity contribution is 0.178. The van der Waals surface area contributed by atoms with Crippen molar-refractivity contribution in [2.45, 2.75) is 26.3 Å². The molecule has 4 heterocycles. The van der Waals surface area contributed by atoms with Crippen LogP contribution in [0.1, 0.15) is 19.8 Å². The van der Waals surface area contributed by atoms with Gasteiger partial charge in [-0.25, -0.2) is 19.9 Å². The summed E-state index contributed by atoms with van der Waals surface area (Å²) in [7, 11) is 1.69. The minimum atomic E-state index is -0.307. The van der Waals surface area contributed by atoms with Gasteiger partial charge in [0.25, 0.3) is 5.56 Å². The lowest BCUT2D eigenvalue weighted by Gasteiger charge is -2.18. The monoisotopic (exact) mass is 463 g/mol. The molecule has 0 aliphatic carbocycles. The zero-order chi connectivity index (χ0) is 23.9. The Morgan fingerprint density at radius 2 is 2.09 bits per heavy atom. The molecule has 0 bridgehead atoms. The number of pyridine rings is 1. The van der Waals surface area contributed by atoms with Crippen LogP contribution in [0.15, 0.2) is 53.2 Å². The van der Waals surface area contributed by atoms with Gasteiger partial charge in [-0.15, -0.1) is 0 Å². The molecule has 0 radical (unpaired) electrons. The van der Waals surface area contributed by atoms with Crippen molar-refractivity contribution in [2.75, 3.05) is 32.1 Å². The summed E-state index contributed by atoms with van der Waals surface area (Å²) in [5.41, 5.74) is 3.00. The Morgan fingerprint density at radius 3 is 2.79 bits per heavy atom. The number of fused-ring (bicyclic) bond motifs is 1. The highest BCUT2D eigenvalue weighted by Crippen LogP contribution is 2.21. The quantitative estimate of drug-likeness (QED) is 0.415. The lowest BCUT2D eigenvalue weighted by Crippen LogP contribution is -2.29. The fraction of sp³-hybridized carbons (Fsp3) is 0.375. The summed E-state index contributed by atoms with van der Waals surface area (Å²) in [4.78, 5) is 30.5. The van der Waals surface area contributed by atoms with E-state index in [1.54, 1.807) is 17.7 Å². The van der Waals surface area contributed by atoms with Crippen LogP contribution in [0.5, 0.6) is 6.01 Å². The highest BCUT2D eigenvalue weighted by atomic mass is 16.5. The maximum atomic E-state index is 13.5. The number of ether oxygens (including phenoxy) is 1. The Morgan fingerprint density at radius 1 is 1.26 bits per heavy atom. The van der Waals surface area contributed by atoms with Crippen molar-refractivity contribution < 1.29 is 9.84 Å². The van der Waals surface area contributed by atoms with Crippen LogP contribution >= 0.6 is 0 Å². The van der Waals surface area contributed by atoms with Crippen molar-refractivity contribution >= 4 is 17.0 Å². The largest absolute Gasteiger partial charge is 0.479 e. The normalized spacial score (nSPS) is 14.0. The fourth-order valence-electron chi connectivity index (χ4n) is 3.77. The third-order valence-corrected chi connectivity index (χ3v) is 5.79. The molecule has 3 aromatic heterocycles. The summed E-state index contributed by atoms with van der Waals surface area (Å²) in [6.45, 7) is 4.54. The molecular formula is C24H29N7O3. The number of rotatable bonds is 10. The van der Waals surface area contributed by atoms with Gasteiger partial charge in [0.15, 0.2) is 11.5 Å². The van der Waals surface area contributed by atoms with Gasteiger partial charge < -0.3 is 20.5 Å².